The summed E-state index contributed by atoms with van der Waals surface area (Å²) in [5, 5.41) is 5.75. The smallest absolute Gasteiger partial charge is 0.234 e. The molecule has 0 heterocycles. The zero-order chi connectivity index (χ0) is 17.4. The van der Waals surface area contributed by atoms with Gasteiger partial charge in [0.1, 0.15) is 0 Å². The maximum atomic E-state index is 11.9. The second kappa shape index (κ2) is 9.13. The van der Waals surface area contributed by atoms with Gasteiger partial charge < -0.3 is 10.6 Å². The Morgan fingerprint density at radius 1 is 0.958 bits per heavy atom. The molecule has 1 unspecified atom stereocenters. The van der Waals surface area contributed by atoms with Crippen molar-refractivity contribution in [2.45, 2.75) is 19.9 Å². The summed E-state index contributed by atoms with van der Waals surface area (Å²) < 4.78 is 0. The number of benzene rings is 2. The van der Waals surface area contributed by atoms with Crippen LogP contribution in [-0.2, 0) is 9.59 Å². The summed E-state index contributed by atoms with van der Waals surface area (Å²) in [7, 11) is 0. The highest BCUT2D eigenvalue weighted by Crippen LogP contribution is 2.12. The predicted molar refractivity (Wildman–Crippen MR) is 100 cm³/mol. The van der Waals surface area contributed by atoms with Crippen molar-refractivity contribution in [2.24, 2.45) is 0 Å². The summed E-state index contributed by atoms with van der Waals surface area (Å²) in [6.07, 6.45) is 0. The minimum atomic E-state index is -0.104. The van der Waals surface area contributed by atoms with Gasteiger partial charge in [-0.25, -0.2) is 0 Å². The molecule has 2 rings (SSSR count). The molecule has 4 nitrogen and oxygen atoms in total. The standard InChI is InChI=1S/C19H22N2O2S/c1-14-8-10-17(11-9-14)21-19(23)13-24-12-18(22)20-15(2)16-6-4-3-5-7-16/h3-11,15H,12-13H2,1-2H3,(H,20,22)(H,21,23). The average Bonchev–Trinajstić information content (AvgIpc) is 2.57. The van der Waals surface area contributed by atoms with Crippen molar-refractivity contribution in [3.63, 3.8) is 0 Å². The molecular weight excluding hydrogens is 320 g/mol. The molecule has 0 fully saturated rings. The number of hydrogen-bond acceptors (Lipinski definition) is 3. The first kappa shape index (κ1) is 18.1. The monoisotopic (exact) mass is 342 g/mol. The molecule has 5 heteroatoms. The number of hydrogen-bond donors (Lipinski definition) is 2. The number of thioether (sulfide) groups is 1. The predicted octanol–water partition coefficient (Wildman–Crippen LogP) is 3.54. The van der Waals surface area contributed by atoms with Crippen molar-refractivity contribution < 1.29 is 9.59 Å². The van der Waals surface area contributed by atoms with E-state index in [1.54, 1.807) is 0 Å². The fourth-order valence-corrected chi connectivity index (χ4v) is 2.81. The van der Waals surface area contributed by atoms with E-state index in [4.69, 9.17) is 0 Å². The molecule has 0 aliphatic carbocycles. The molecule has 0 saturated carbocycles. The van der Waals surface area contributed by atoms with Crippen LogP contribution in [0.4, 0.5) is 5.69 Å². The Kier molecular flexibility index (Phi) is 6.88. The highest BCUT2D eigenvalue weighted by atomic mass is 32.2. The Morgan fingerprint density at radius 2 is 1.58 bits per heavy atom. The molecule has 0 bridgehead atoms. The second-order valence-corrected chi connectivity index (χ2v) is 6.59. The van der Waals surface area contributed by atoms with Crippen LogP contribution in [0.15, 0.2) is 54.6 Å². The quantitative estimate of drug-likeness (QED) is 0.809. The van der Waals surface area contributed by atoms with E-state index in [-0.39, 0.29) is 29.4 Å². The van der Waals surface area contributed by atoms with E-state index in [9.17, 15) is 9.59 Å². The normalized spacial score (nSPS) is 11.6. The van der Waals surface area contributed by atoms with Crippen LogP contribution in [-0.4, -0.2) is 23.3 Å². The van der Waals surface area contributed by atoms with Gasteiger partial charge in [0.2, 0.25) is 11.8 Å². The van der Waals surface area contributed by atoms with Crippen LogP contribution in [0.1, 0.15) is 24.1 Å². The van der Waals surface area contributed by atoms with Crippen molar-refractivity contribution in [2.75, 3.05) is 16.8 Å². The first-order valence-corrected chi connectivity index (χ1v) is 8.98. The van der Waals surface area contributed by atoms with Gasteiger partial charge in [0.25, 0.3) is 0 Å². The molecule has 1 atom stereocenters. The van der Waals surface area contributed by atoms with Crippen molar-refractivity contribution in [3.05, 3.63) is 65.7 Å². The first-order valence-electron chi connectivity index (χ1n) is 7.83. The van der Waals surface area contributed by atoms with Crippen LogP contribution in [0.3, 0.4) is 0 Å². The summed E-state index contributed by atoms with van der Waals surface area (Å²) >= 11 is 1.30. The third-order valence-electron chi connectivity index (χ3n) is 3.48. The number of amides is 2. The second-order valence-electron chi connectivity index (χ2n) is 5.61. The lowest BCUT2D eigenvalue weighted by Crippen LogP contribution is -2.28. The number of nitrogens with one attached hydrogen (secondary N) is 2. The molecule has 0 aliphatic heterocycles. The summed E-state index contributed by atoms with van der Waals surface area (Å²) in [5.74, 6) is 0.340. The molecule has 24 heavy (non-hydrogen) atoms. The zero-order valence-corrected chi connectivity index (χ0v) is 14.7. The Labute approximate surface area is 147 Å². The number of carbonyl (C=O) groups excluding carboxylic acids is 2. The van der Waals surface area contributed by atoms with Gasteiger partial charge in [0.05, 0.1) is 17.5 Å². The van der Waals surface area contributed by atoms with Crippen LogP contribution in [0, 0.1) is 6.92 Å². The SMILES string of the molecule is Cc1ccc(NC(=O)CSCC(=O)NC(C)c2ccccc2)cc1. The topological polar surface area (TPSA) is 58.2 Å². The first-order chi connectivity index (χ1) is 11.5. The van der Waals surface area contributed by atoms with E-state index < -0.39 is 0 Å². The number of rotatable bonds is 7. The lowest BCUT2D eigenvalue weighted by Gasteiger charge is -2.14. The lowest BCUT2D eigenvalue weighted by atomic mass is 10.1. The molecular formula is C19H22N2O2S. The van der Waals surface area contributed by atoms with Gasteiger partial charge in [-0.1, -0.05) is 48.0 Å². The van der Waals surface area contributed by atoms with E-state index in [0.717, 1.165) is 16.8 Å². The zero-order valence-electron chi connectivity index (χ0n) is 13.9. The van der Waals surface area contributed by atoms with E-state index in [1.165, 1.54) is 11.8 Å². The molecule has 0 aliphatic rings. The van der Waals surface area contributed by atoms with Gasteiger partial charge in [-0.05, 0) is 31.5 Å². The van der Waals surface area contributed by atoms with E-state index >= 15 is 0 Å². The number of aryl methyl sites for hydroxylation is 1. The van der Waals surface area contributed by atoms with Crippen molar-refractivity contribution >= 4 is 29.3 Å². The van der Waals surface area contributed by atoms with Crippen LogP contribution in [0.25, 0.3) is 0 Å². The highest BCUT2D eigenvalue weighted by Gasteiger charge is 2.10. The van der Waals surface area contributed by atoms with Gasteiger partial charge in [-0.15, -0.1) is 11.8 Å². The van der Waals surface area contributed by atoms with E-state index in [2.05, 4.69) is 10.6 Å². The summed E-state index contributed by atoms with van der Waals surface area (Å²) in [6.45, 7) is 3.94. The molecule has 2 aromatic carbocycles. The van der Waals surface area contributed by atoms with E-state index in [1.807, 2.05) is 68.4 Å². The minimum Gasteiger partial charge on any atom is -0.349 e. The maximum absolute atomic E-state index is 11.9. The molecule has 2 aromatic rings. The number of anilines is 1. The Morgan fingerprint density at radius 3 is 2.25 bits per heavy atom. The third-order valence-corrected chi connectivity index (χ3v) is 4.41. The van der Waals surface area contributed by atoms with Crippen molar-refractivity contribution in [3.8, 4) is 0 Å². The number of carbonyl (C=O) groups is 2. The summed E-state index contributed by atoms with van der Waals surface area (Å²) in [5.41, 5.74) is 2.98. The minimum absolute atomic E-state index is 0.0410. The highest BCUT2D eigenvalue weighted by molar-refractivity contribution is 8.00. The average molecular weight is 342 g/mol. The van der Waals surface area contributed by atoms with Crippen LogP contribution >= 0.6 is 11.8 Å². The van der Waals surface area contributed by atoms with Gasteiger partial charge in [-0.2, -0.15) is 0 Å². The van der Waals surface area contributed by atoms with Crippen LogP contribution in [0.5, 0.6) is 0 Å². The summed E-state index contributed by atoms with van der Waals surface area (Å²) in [6, 6.07) is 17.4. The van der Waals surface area contributed by atoms with Crippen molar-refractivity contribution in [1.29, 1.82) is 0 Å². The molecule has 2 N–H and O–H groups in total. The molecule has 2 amide bonds. The molecule has 0 saturated heterocycles. The Bertz CT molecular complexity index is 672. The largest absolute Gasteiger partial charge is 0.349 e. The third kappa shape index (κ3) is 6.08. The van der Waals surface area contributed by atoms with E-state index in [0.29, 0.717) is 0 Å². The molecule has 0 radical (unpaired) electrons. The maximum Gasteiger partial charge on any atom is 0.234 e. The fraction of sp³-hybridized carbons (Fsp3) is 0.263. The van der Waals surface area contributed by atoms with Crippen molar-refractivity contribution in [1.82, 2.24) is 5.32 Å². The molecule has 0 spiro atoms. The fourth-order valence-electron chi connectivity index (χ4n) is 2.18. The van der Waals surface area contributed by atoms with Gasteiger partial charge >= 0.3 is 0 Å². The van der Waals surface area contributed by atoms with Crippen LogP contribution in [0.2, 0.25) is 0 Å². The molecule has 126 valence electrons. The Hall–Kier alpha value is -2.27. The lowest BCUT2D eigenvalue weighted by molar-refractivity contribution is -0.119. The molecule has 0 aromatic heterocycles. The Balaban J connectivity index is 1.68. The van der Waals surface area contributed by atoms with Crippen LogP contribution < -0.4 is 10.6 Å². The van der Waals surface area contributed by atoms with Gasteiger partial charge in [-0.3, -0.25) is 9.59 Å². The van der Waals surface area contributed by atoms with Gasteiger partial charge in [0, 0.05) is 5.69 Å². The van der Waals surface area contributed by atoms with Gasteiger partial charge in [0.15, 0.2) is 0 Å². The summed E-state index contributed by atoms with van der Waals surface area (Å²) in [4.78, 5) is 23.8.